The van der Waals surface area contributed by atoms with E-state index in [1.165, 1.54) is 24.3 Å². The lowest BCUT2D eigenvalue weighted by atomic mass is 10.2. The van der Waals surface area contributed by atoms with Crippen LogP contribution in [0.4, 0.5) is 4.39 Å². The standard InChI is InChI=1S/C21H22FN3O2/c1-3-20(27-19-10-6-17(22)7-11-19)21(26)24-14-16-4-8-18(9-5-16)25-13-12-23-15(25)2/h4-13,20H,3,14H2,1-2H3,(H,24,26)/t20-/m1/s1. The molecule has 0 saturated carbocycles. The summed E-state index contributed by atoms with van der Waals surface area (Å²) in [5, 5.41) is 2.89. The van der Waals surface area contributed by atoms with E-state index in [0.717, 1.165) is 17.1 Å². The van der Waals surface area contributed by atoms with Crippen LogP contribution in [-0.2, 0) is 11.3 Å². The predicted molar refractivity (Wildman–Crippen MR) is 101 cm³/mol. The molecule has 2 aromatic carbocycles. The van der Waals surface area contributed by atoms with Crippen molar-refractivity contribution in [3.63, 3.8) is 0 Å². The fraction of sp³-hybridized carbons (Fsp3) is 0.238. The van der Waals surface area contributed by atoms with E-state index in [9.17, 15) is 9.18 Å². The molecule has 0 unspecified atom stereocenters. The van der Waals surface area contributed by atoms with Gasteiger partial charge in [0.1, 0.15) is 17.4 Å². The van der Waals surface area contributed by atoms with E-state index in [1.54, 1.807) is 6.20 Å². The zero-order valence-electron chi connectivity index (χ0n) is 15.4. The van der Waals surface area contributed by atoms with E-state index in [-0.39, 0.29) is 11.7 Å². The van der Waals surface area contributed by atoms with Gasteiger partial charge in [-0.2, -0.15) is 0 Å². The molecule has 0 spiro atoms. The molecule has 0 bridgehead atoms. The van der Waals surface area contributed by atoms with Gasteiger partial charge in [-0.05, 0) is 55.3 Å². The number of halogens is 1. The molecule has 1 aromatic heterocycles. The van der Waals surface area contributed by atoms with Gasteiger partial charge in [0.15, 0.2) is 6.10 Å². The third kappa shape index (κ3) is 4.73. The number of carbonyl (C=O) groups is 1. The first kappa shape index (κ1) is 18.6. The average Bonchev–Trinajstić information content (AvgIpc) is 3.12. The van der Waals surface area contributed by atoms with E-state index in [4.69, 9.17) is 4.74 Å². The summed E-state index contributed by atoms with van der Waals surface area (Å²) in [7, 11) is 0. The zero-order chi connectivity index (χ0) is 19.2. The van der Waals surface area contributed by atoms with Gasteiger partial charge in [-0.15, -0.1) is 0 Å². The fourth-order valence-electron chi connectivity index (χ4n) is 2.73. The second-order valence-electron chi connectivity index (χ2n) is 6.20. The molecule has 27 heavy (non-hydrogen) atoms. The number of rotatable bonds is 7. The highest BCUT2D eigenvalue weighted by atomic mass is 19.1. The third-order valence-corrected chi connectivity index (χ3v) is 4.26. The largest absolute Gasteiger partial charge is 0.481 e. The number of aromatic nitrogens is 2. The van der Waals surface area contributed by atoms with Crippen molar-refractivity contribution in [1.29, 1.82) is 0 Å². The molecule has 5 nitrogen and oxygen atoms in total. The number of carbonyl (C=O) groups excluding carboxylic acids is 1. The van der Waals surface area contributed by atoms with E-state index >= 15 is 0 Å². The first-order valence-corrected chi connectivity index (χ1v) is 8.86. The van der Waals surface area contributed by atoms with Gasteiger partial charge in [-0.1, -0.05) is 19.1 Å². The first-order chi connectivity index (χ1) is 13.1. The number of hydrogen-bond donors (Lipinski definition) is 1. The van der Waals surface area contributed by atoms with Crippen molar-refractivity contribution < 1.29 is 13.9 Å². The zero-order valence-corrected chi connectivity index (χ0v) is 15.4. The average molecular weight is 367 g/mol. The van der Waals surface area contributed by atoms with E-state index in [2.05, 4.69) is 10.3 Å². The molecule has 6 heteroatoms. The van der Waals surface area contributed by atoms with Crippen molar-refractivity contribution in [3.05, 3.63) is 78.1 Å². The molecule has 1 N–H and O–H groups in total. The number of amides is 1. The molecular weight excluding hydrogens is 345 g/mol. The Bertz CT molecular complexity index is 889. The highest BCUT2D eigenvalue weighted by Gasteiger charge is 2.18. The summed E-state index contributed by atoms with van der Waals surface area (Å²) in [6.07, 6.45) is 3.56. The minimum Gasteiger partial charge on any atom is -0.481 e. The number of nitrogens with zero attached hydrogens (tertiary/aromatic N) is 2. The second-order valence-corrected chi connectivity index (χ2v) is 6.20. The summed E-state index contributed by atoms with van der Waals surface area (Å²) < 4.78 is 20.6. The number of hydrogen-bond acceptors (Lipinski definition) is 3. The van der Waals surface area contributed by atoms with Crippen molar-refractivity contribution in [3.8, 4) is 11.4 Å². The van der Waals surface area contributed by atoms with Crippen LogP contribution in [0.3, 0.4) is 0 Å². The Morgan fingerprint density at radius 1 is 1.19 bits per heavy atom. The maximum atomic E-state index is 13.0. The van der Waals surface area contributed by atoms with Crippen LogP contribution in [-0.4, -0.2) is 21.6 Å². The van der Waals surface area contributed by atoms with Crippen LogP contribution in [0.25, 0.3) is 5.69 Å². The molecule has 0 saturated heterocycles. The Morgan fingerprint density at radius 2 is 1.89 bits per heavy atom. The minimum absolute atomic E-state index is 0.198. The molecule has 1 atom stereocenters. The minimum atomic E-state index is -0.622. The van der Waals surface area contributed by atoms with E-state index in [1.807, 2.05) is 48.9 Å². The van der Waals surface area contributed by atoms with E-state index < -0.39 is 6.10 Å². The summed E-state index contributed by atoms with van der Waals surface area (Å²) >= 11 is 0. The van der Waals surface area contributed by atoms with Gasteiger partial charge in [0.2, 0.25) is 0 Å². The summed E-state index contributed by atoms with van der Waals surface area (Å²) in [6.45, 7) is 4.22. The van der Waals surface area contributed by atoms with Gasteiger partial charge in [-0.25, -0.2) is 9.37 Å². The van der Waals surface area contributed by atoms with E-state index in [0.29, 0.717) is 18.7 Å². The van der Waals surface area contributed by atoms with Crippen molar-refractivity contribution in [2.75, 3.05) is 0 Å². The molecule has 1 heterocycles. The third-order valence-electron chi connectivity index (χ3n) is 4.26. The van der Waals surface area contributed by atoms with Crippen LogP contribution >= 0.6 is 0 Å². The summed E-state index contributed by atoms with van der Waals surface area (Å²) in [5.74, 6) is 0.851. The molecule has 1 amide bonds. The topological polar surface area (TPSA) is 56.1 Å². The van der Waals surface area contributed by atoms with Crippen LogP contribution < -0.4 is 10.1 Å². The number of benzene rings is 2. The lowest BCUT2D eigenvalue weighted by molar-refractivity contribution is -0.128. The van der Waals surface area contributed by atoms with Crippen LogP contribution in [0.1, 0.15) is 24.7 Å². The van der Waals surface area contributed by atoms with Gasteiger partial charge in [0.05, 0.1) is 0 Å². The maximum absolute atomic E-state index is 13.0. The molecule has 140 valence electrons. The van der Waals surface area contributed by atoms with Crippen molar-refractivity contribution >= 4 is 5.91 Å². The second kappa shape index (κ2) is 8.49. The SMILES string of the molecule is CC[C@@H](Oc1ccc(F)cc1)C(=O)NCc1ccc(-n2ccnc2C)cc1. The van der Waals surface area contributed by atoms with Crippen molar-refractivity contribution in [2.45, 2.75) is 32.9 Å². The molecule has 0 radical (unpaired) electrons. The van der Waals surface area contributed by atoms with Crippen molar-refractivity contribution in [2.24, 2.45) is 0 Å². The molecule has 0 fully saturated rings. The number of ether oxygens (including phenoxy) is 1. The Hall–Kier alpha value is -3.15. The Kier molecular flexibility index (Phi) is 5.86. The highest BCUT2D eigenvalue weighted by Crippen LogP contribution is 2.15. The van der Waals surface area contributed by atoms with Crippen LogP contribution in [0.5, 0.6) is 5.75 Å². The summed E-state index contributed by atoms with van der Waals surface area (Å²) in [4.78, 5) is 16.6. The van der Waals surface area contributed by atoms with Gasteiger partial charge in [0, 0.05) is 24.6 Å². The molecule has 0 aliphatic rings. The van der Waals surface area contributed by atoms with Gasteiger partial charge < -0.3 is 14.6 Å². The van der Waals surface area contributed by atoms with Gasteiger partial charge in [-0.3, -0.25) is 4.79 Å². The normalized spacial score (nSPS) is 11.8. The van der Waals surface area contributed by atoms with Gasteiger partial charge in [0.25, 0.3) is 5.91 Å². The Labute approximate surface area is 157 Å². The first-order valence-electron chi connectivity index (χ1n) is 8.86. The number of aryl methyl sites for hydroxylation is 1. The fourth-order valence-corrected chi connectivity index (χ4v) is 2.73. The lowest BCUT2D eigenvalue weighted by Gasteiger charge is -2.17. The molecule has 3 aromatic rings. The summed E-state index contributed by atoms with van der Waals surface area (Å²) in [6, 6.07) is 13.6. The summed E-state index contributed by atoms with van der Waals surface area (Å²) in [5.41, 5.74) is 2.01. The number of nitrogens with one attached hydrogen (secondary N) is 1. The monoisotopic (exact) mass is 367 g/mol. The molecule has 0 aliphatic heterocycles. The van der Waals surface area contributed by atoms with Crippen molar-refractivity contribution in [1.82, 2.24) is 14.9 Å². The van der Waals surface area contributed by atoms with Gasteiger partial charge >= 0.3 is 0 Å². The number of imidazole rings is 1. The molecule has 3 rings (SSSR count). The highest BCUT2D eigenvalue weighted by molar-refractivity contribution is 5.81. The quantitative estimate of drug-likeness (QED) is 0.691. The van der Waals surface area contributed by atoms with Crippen LogP contribution in [0.15, 0.2) is 60.9 Å². The van der Waals surface area contributed by atoms with Crippen LogP contribution in [0, 0.1) is 12.7 Å². The molecular formula is C21H22FN3O2. The lowest BCUT2D eigenvalue weighted by Crippen LogP contribution is -2.37. The predicted octanol–water partition coefficient (Wildman–Crippen LogP) is 3.79. The van der Waals surface area contributed by atoms with Crippen LogP contribution in [0.2, 0.25) is 0 Å². The smallest absolute Gasteiger partial charge is 0.261 e. The Morgan fingerprint density at radius 3 is 2.48 bits per heavy atom. The maximum Gasteiger partial charge on any atom is 0.261 e. The molecule has 0 aliphatic carbocycles. The Balaban J connectivity index is 1.57.